The summed E-state index contributed by atoms with van der Waals surface area (Å²) in [6.07, 6.45) is 1.56. The summed E-state index contributed by atoms with van der Waals surface area (Å²) in [6, 6.07) is 16.5. The Morgan fingerprint density at radius 2 is 1.81 bits per heavy atom. The molecule has 0 aliphatic heterocycles. The van der Waals surface area contributed by atoms with Gasteiger partial charge in [0.2, 0.25) is 11.7 Å². The van der Waals surface area contributed by atoms with Gasteiger partial charge < -0.3 is 10.3 Å². The lowest BCUT2D eigenvalue weighted by Gasteiger charge is -2.03. The van der Waals surface area contributed by atoms with E-state index < -0.39 is 0 Å². The predicted octanol–water partition coefficient (Wildman–Crippen LogP) is 4.22. The quantitative estimate of drug-likeness (QED) is 0.422. The summed E-state index contributed by atoms with van der Waals surface area (Å²) in [7, 11) is 0. The SMILES string of the molecule is CC(=O)Nc1ccc(/C=C(\C#N)C(=O)c2c(C)[nH]c3ccccc23)cc1. The van der Waals surface area contributed by atoms with Gasteiger partial charge in [0.25, 0.3) is 0 Å². The molecule has 0 radical (unpaired) electrons. The molecule has 0 saturated heterocycles. The summed E-state index contributed by atoms with van der Waals surface area (Å²) in [5, 5.41) is 13.0. The average Bonchev–Trinajstić information content (AvgIpc) is 2.95. The molecule has 0 bridgehead atoms. The van der Waals surface area contributed by atoms with E-state index in [1.807, 2.05) is 37.3 Å². The summed E-state index contributed by atoms with van der Waals surface area (Å²) in [5.74, 6) is -0.468. The standard InChI is InChI=1S/C21H17N3O2/c1-13-20(18-5-3-4-6-19(18)23-13)21(26)16(12-22)11-15-7-9-17(10-8-15)24-14(2)25/h3-11,23H,1-2H3,(H,24,25)/b16-11+. The molecule has 1 aromatic heterocycles. The van der Waals surface area contributed by atoms with Crippen LogP contribution >= 0.6 is 0 Å². The molecular weight excluding hydrogens is 326 g/mol. The molecule has 0 unspecified atom stereocenters. The van der Waals surface area contributed by atoms with Crippen molar-refractivity contribution in [1.82, 2.24) is 4.98 Å². The minimum Gasteiger partial charge on any atom is -0.358 e. The monoisotopic (exact) mass is 343 g/mol. The van der Waals surface area contributed by atoms with Crippen molar-refractivity contribution in [3.05, 3.63) is 70.9 Å². The van der Waals surface area contributed by atoms with Crippen molar-refractivity contribution in [2.75, 3.05) is 5.32 Å². The second kappa shape index (κ2) is 7.08. The summed E-state index contributed by atoms with van der Waals surface area (Å²) < 4.78 is 0. The number of amides is 1. The zero-order valence-corrected chi connectivity index (χ0v) is 14.5. The average molecular weight is 343 g/mol. The van der Waals surface area contributed by atoms with Crippen molar-refractivity contribution in [3.8, 4) is 6.07 Å². The number of fused-ring (bicyclic) bond motifs is 1. The van der Waals surface area contributed by atoms with Crippen LogP contribution in [0.1, 0.15) is 28.5 Å². The summed E-state index contributed by atoms with van der Waals surface area (Å²) in [6.45, 7) is 3.26. The Bertz CT molecular complexity index is 1070. The van der Waals surface area contributed by atoms with E-state index in [0.29, 0.717) is 16.8 Å². The number of nitrogens with one attached hydrogen (secondary N) is 2. The number of para-hydroxylation sites is 1. The highest BCUT2D eigenvalue weighted by Gasteiger charge is 2.19. The molecule has 5 nitrogen and oxygen atoms in total. The van der Waals surface area contributed by atoms with Crippen LogP contribution in [0.2, 0.25) is 0 Å². The van der Waals surface area contributed by atoms with Crippen LogP contribution in [0.25, 0.3) is 17.0 Å². The molecule has 0 atom stereocenters. The molecule has 0 aliphatic rings. The molecule has 3 rings (SSSR count). The number of allylic oxidation sites excluding steroid dienone is 1. The van der Waals surface area contributed by atoms with E-state index in [-0.39, 0.29) is 17.3 Å². The van der Waals surface area contributed by atoms with Crippen molar-refractivity contribution in [2.24, 2.45) is 0 Å². The number of anilines is 1. The molecule has 1 amide bonds. The number of aryl methyl sites for hydroxylation is 1. The number of nitriles is 1. The molecule has 3 aromatic rings. The molecule has 0 spiro atoms. The lowest BCUT2D eigenvalue weighted by atomic mass is 9.99. The molecule has 0 aliphatic carbocycles. The van der Waals surface area contributed by atoms with Gasteiger partial charge in [-0.15, -0.1) is 0 Å². The van der Waals surface area contributed by atoms with Crippen LogP contribution in [-0.4, -0.2) is 16.7 Å². The van der Waals surface area contributed by atoms with Crippen molar-refractivity contribution < 1.29 is 9.59 Å². The maximum absolute atomic E-state index is 12.9. The van der Waals surface area contributed by atoms with E-state index in [1.54, 1.807) is 30.3 Å². The van der Waals surface area contributed by atoms with Gasteiger partial charge >= 0.3 is 0 Å². The molecule has 26 heavy (non-hydrogen) atoms. The molecule has 5 heteroatoms. The zero-order valence-electron chi connectivity index (χ0n) is 14.5. The summed E-state index contributed by atoms with van der Waals surface area (Å²) in [4.78, 5) is 27.2. The van der Waals surface area contributed by atoms with Crippen molar-refractivity contribution >= 4 is 34.4 Å². The fourth-order valence-corrected chi connectivity index (χ4v) is 2.89. The minimum atomic E-state index is -0.312. The Kier molecular flexibility index (Phi) is 4.68. The number of ketones is 1. The Morgan fingerprint density at radius 3 is 2.46 bits per heavy atom. The van der Waals surface area contributed by atoms with Gasteiger partial charge in [0, 0.05) is 29.2 Å². The Labute approximate surface area is 151 Å². The van der Waals surface area contributed by atoms with Gasteiger partial charge in [-0.3, -0.25) is 9.59 Å². The van der Waals surface area contributed by atoms with E-state index in [4.69, 9.17) is 0 Å². The Hall–Kier alpha value is -3.65. The summed E-state index contributed by atoms with van der Waals surface area (Å²) >= 11 is 0. The second-order valence-corrected chi connectivity index (χ2v) is 5.97. The van der Waals surface area contributed by atoms with Crippen molar-refractivity contribution in [3.63, 3.8) is 0 Å². The second-order valence-electron chi connectivity index (χ2n) is 5.97. The zero-order chi connectivity index (χ0) is 18.7. The van der Waals surface area contributed by atoms with Crippen molar-refractivity contribution in [2.45, 2.75) is 13.8 Å². The van der Waals surface area contributed by atoms with E-state index in [1.165, 1.54) is 6.92 Å². The molecule has 0 saturated carbocycles. The number of Topliss-reactive ketones (excluding diaryl/α,β-unsaturated/α-hetero) is 1. The van der Waals surface area contributed by atoms with Gasteiger partial charge in [-0.2, -0.15) is 5.26 Å². The number of carbonyl (C=O) groups is 2. The maximum Gasteiger partial charge on any atom is 0.221 e. The number of H-pyrrole nitrogens is 1. The highest BCUT2D eigenvalue weighted by Crippen LogP contribution is 2.25. The Balaban J connectivity index is 1.96. The van der Waals surface area contributed by atoms with E-state index in [2.05, 4.69) is 10.3 Å². The summed E-state index contributed by atoms with van der Waals surface area (Å²) in [5.41, 5.74) is 3.55. The highest BCUT2D eigenvalue weighted by atomic mass is 16.1. The smallest absolute Gasteiger partial charge is 0.221 e. The fourth-order valence-electron chi connectivity index (χ4n) is 2.89. The van der Waals surface area contributed by atoms with Crippen LogP contribution < -0.4 is 5.32 Å². The number of hydrogen-bond donors (Lipinski definition) is 2. The number of rotatable bonds is 4. The maximum atomic E-state index is 12.9. The molecule has 1 heterocycles. The first-order chi connectivity index (χ1) is 12.5. The lowest BCUT2D eigenvalue weighted by Crippen LogP contribution is -2.05. The molecule has 0 fully saturated rings. The first kappa shape index (κ1) is 17.2. The number of aromatic amines is 1. The third kappa shape index (κ3) is 3.40. The highest BCUT2D eigenvalue weighted by molar-refractivity contribution is 6.20. The van der Waals surface area contributed by atoms with Crippen LogP contribution in [0.15, 0.2) is 54.1 Å². The third-order valence-corrected chi connectivity index (χ3v) is 4.03. The predicted molar refractivity (Wildman–Crippen MR) is 102 cm³/mol. The van der Waals surface area contributed by atoms with Gasteiger partial charge in [-0.1, -0.05) is 30.3 Å². The van der Waals surface area contributed by atoms with Crippen LogP contribution in [0, 0.1) is 18.3 Å². The fraction of sp³-hybridized carbons (Fsp3) is 0.0952. The van der Waals surface area contributed by atoms with E-state index in [0.717, 1.165) is 16.6 Å². The van der Waals surface area contributed by atoms with E-state index in [9.17, 15) is 14.9 Å². The van der Waals surface area contributed by atoms with Crippen molar-refractivity contribution in [1.29, 1.82) is 5.26 Å². The van der Waals surface area contributed by atoms with Gasteiger partial charge in [-0.05, 0) is 36.8 Å². The number of aromatic nitrogens is 1. The van der Waals surface area contributed by atoms with Gasteiger partial charge in [0.1, 0.15) is 11.6 Å². The van der Waals surface area contributed by atoms with E-state index >= 15 is 0 Å². The molecule has 128 valence electrons. The lowest BCUT2D eigenvalue weighted by molar-refractivity contribution is -0.114. The van der Waals surface area contributed by atoms with Gasteiger partial charge in [0.15, 0.2) is 0 Å². The minimum absolute atomic E-state index is 0.0603. The Morgan fingerprint density at radius 1 is 1.12 bits per heavy atom. The normalized spacial score (nSPS) is 11.2. The third-order valence-electron chi connectivity index (χ3n) is 4.03. The van der Waals surface area contributed by atoms with Gasteiger partial charge in [0.05, 0.1) is 5.56 Å². The number of hydrogen-bond acceptors (Lipinski definition) is 3. The molecule has 2 N–H and O–H groups in total. The van der Waals surface area contributed by atoms with Crippen LogP contribution in [0.3, 0.4) is 0 Å². The topological polar surface area (TPSA) is 85.8 Å². The van der Waals surface area contributed by atoms with Gasteiger partial charge in [-0.25, -0.2) is 0 Å². The first-order valence-corrected chi connectivity index (χ1v) is 8.11. The van der Waals surface area contributed by atoms with Crippen LogP contribution in [0.5, 0.6) is 0 Å². The number of carbonyl (C=O) groups excluding carboxylic acids is 2. The molecule has 2 aromatic carbocycles. The van der Waals surface area contributed by atoms with Crippen LogP contribution in [-0.2, 0) is 4.79 Å². The number of benzene rings is 2. The molecular formula is C21H17N3O2. The number of nitrogens with zero attached hydrogens (tertiary/aromatic N) is 1. The first-order valence-electron chi connectivity index (χ1n) is 8.11. The largest absolute Gasteiger partial charge is 0.358 e. The van der Waals surface area contributed by atoms with Crippen LogP contribution in [0.4, 0.5) is 5.69 Å².